The van der Waals surface area contributed by atoms with E-state index >= 15 is 0 Å². The molecule has 120 valence electrons. The molecule has 1 atom stereocenters. The van der Waals surface area contributed by atoms with Gasteiger partial charge in [0, 0.05) is 16.8 Å². The van der Waals surface area contributed by atoms with Crippen LogP contribution in [0.3, 0.4) is 0 Å². The summed E-state index contributed by atoms with van der Waals surface area (Å²) in [7, 11) is 0. The Balaban J connectivity index is 1.88. The number of carbonyl (C=O) groups is 1. The molecule has 1 heterocycles. The van der Waals surface area contributed by atoms with E-state index in [2.05, 4.69) is 9.97 Å². The van der Waals surface area contributed by atoms with E-state index in [1.807, 2.05) is 30.3 Å². The molecular formula is C18H13ClN2O2S. The van der Waals surface area contributed by atoms with E-state index in [0.29, 0.717) is 15.7 Å². The first-order valence-electron chi connectivity index (χ1n) is 7.17. The Morgan fingerprint density at radius 1 is 1.04 bits per heavy atom. The Bertz CT molecular complexity index is 841. The molecule has 0 amide bonds. The minimum Gasteiger partial charge on any atom is -0.480 e. The van der Waals surface area contributed by atoms with Gasteiger partial charge < -0.3 is 5.11 Å². The van der Waals surface area contributed by atoms with Gasteiger partial charge in [0.1, 0.15) is 5.25 Å². The molecule has 3 aromatic rings. The molecule has 0 fully saturated rings. The number of aliphatic carboxylic acids is 1. The lowest BCUT2D eigenvalue weighted by Crippen LogP contribution is -2.08. The highest BCUT2D eigenvalue weighted by Crippen LogP contribution is 2.34. The molecule has 0 saturated carbocycles. The molecule has 0 saturated heterocycles. The van der Waals surface area contributed by atoms with Crippen LogP contribution >= 0.6 is 23.4 Å². The first-order valence-corrected chi connectivity index (χ1v) is 8.42. The number of thioether (sulfide) groups is 1. The van der Waals surface area contributed by atoms with Crippen molar-refractivity contribution in [3.8, 4) is 11.3 Å². The molecule has 0 aliphatic heterocycles. The number of carboxylic acid groups (broad SMARTS) is 1. The Kier molecular flexibility index (Phi) is 5.13. The number of carboxylic acids is 1. The number of halogens is 1. The van der Waals surface area contributed by atoms with Crippen molar-refractivity contribution in [1.29, 1.82) is 0 Å². The van der Waals surface area contributed by atoms with Crippen molar-refractivity contribution >= 4 is 29.3 Å². The van der Waals surface area contributed by atoms with Crippen molar-refractivity contribution in [2.75, 3.05) is 0 Å². The predicted molar refractivity (Wildman–Crippen MR) is 95.2 cm³/mol. The Hall–Kier alpha value is -2.37. The van der Waals surface area contributed by atoms with Gasteiger partial charge in [-0.05, 0) is 23.8 Å². The standard InChI is InChI=1S/C18H13ClN2O2S/c19-14-8-6-12(7-9-14)15-10-11-20-18(21-15)24-16(17(22)23)13-4-2-1-3-5-13/h1-11,16H,(H,22,23)/t16-/m0/s1. The van der Waals surface area contributed by atoms with Crippen LogP contribution in [0.4, 0.5) is 0 Å². The van der Waals surface area contributed by atoms with Crippen LogP contribution in [0.25, 0.3) is 11.3 Å². The van der Waals surface area contributed by atoms with Crippen LogP contribution < -0.4 is 0 Å². The van der Waals surface area contributed by atoms with E-state index in [9.17, 15) is 9.90 Å². The van der Waals surface area contributed by atoms with Gasteiger partial charge in [0.25, 0.3) is 0 Å². The molecule has 1 N–H and O–H groups in total. The molecular weight excluding hydrogens is 344 g/mol. The summed E-state index contributed by atoms with van der Waals surface area (Å²) < 4.78 is 0. The van der Waals surface area contributed by atoms with Gasteiger partial charge in [0.15, 0.2) is 5.16 Å². The number of rotatable bonds is 5. The molecule has 0 spiro atoms. The molecule has 0 radical (unpaired) electrons. The molecule has 0 aliphatic carbocycles. The molecule has 4 nitrogen and oxygen atoms in total. The second-order valence-corrected chi connectivity index (χ2v) is 6.49. The van der Waals surface area contributed by atoms with Gasteiger partial charge in [0.05, 0.1) is 5.69 Å². The lowest BCUT2D eigenvalue weighted by Gasteiger charge is -2.11. The Morgan fingerprint density at radius 3 is 2.42 bits per heavy atom. The maximum atomic E-state index is 11.6. The molecule has 3 rings (SSSR count). The second-order valence-electron chi connectivity index (χ2n) is 4.98. The van der Waals surface area contributed by atoms with E-state index in [0.717, 1.165) is 23.0 Å². The monoisotopic (exact) mass is 356 g/mol. The summed E-state index contributed by atoms with van der Waals surface area (Å²) in [6.45, 7) is 0. The highest BCUT2D eigenvalue weighted by molar-refractivity contribution is 8.00. The summed E-state index contributed by atoms with van der Waals surface area (Å²) in [6.07, 6.45) is 1.63. The normalized spacial score (nSPS) is 11.9. The van der Waals surface area contributed by atoms with Gasteiger partial charge in [-0.15, -0.1) is 0 Å². The van der Waals surface area contributed by atoms with Gasteiger partial charge in [-0.25, -0.2) is 9.97 Å². The number of hydrogen-bond acceptors (Lipinski definition) is 4. The van der Waals surface area contributed by atoms with Crippen molar-refractivity contribution in [2.24, 2.45) is 0 Å². The van der Waals surface area contributed by atoms with Gasteiger partial charge in [-0.1, -0.05) is 65.8 Å². The van der Waals surface area contributed by atoms with Crippen LogP contribution in [0.1, 0.15) is 10.8 Å². The Morgan fingerprint density at radius 2 is 1.75 bits per heavy atom. The fourth-order valence-corrected chi connectivity index (χ4v) is 3.18. The van der Waals surface area contributed by atoms with Gasteiger partial charge in [0.2, 0.25) is 0 Å². The fraction of sp³-hybridized carbons (Fsp3) is 0.0556. The van der Waals surface area contributed by atoms with Gasteiger partial charge in [-0.2, -0.15) is 0 Å². The topological polar surface area (TPSA) is 63.1 Å². The fourth-order valence-electron chi connectivity index (χ4n) is 2.17. The third-order valence-electron chi connectivity index (χ3n) is 3.32. The maximum Gasteiger partial charge on any atom is 0.321 e. The zero-order chi connectivity index (χ0) is 16.9. The summed E-state index contributed by atoms with van der Waals surface area (Å²) >= 11 is 7.01. The number of benzene rings is 2. The first kappa shape index (κ1) is 16.5. The average Bonchev–Trinajstić information content (AvgIpc) is 2.61. The van der Waals surface area contributed by atoms with Crippen molar-refractivity contribution in [2.45, 2.75) is 10.4 Å². The van der Waals surface area contributed by atoms with E-state index in [1.165, 1.54) is 0 Å². The van der Waals surface area contributed by atoms with Crippen LogP contribution in [0.15, 0.2) is 72.0 Å². The third kappa shape index (κ3) is 3.93. The second kappa shape index (κ2) is 7.47. The zero-order valence-electron chi connectivity index (χ0n) is 12.5. The van der Waals surface area contributed by atoms with E-state index in [4.69, 9.17) is 11.6 Å². The lowest BCUT2D eigenvalue weighted by molar-refractivity contribution is -0.136. The summed E-state index contributed by atoms with van der Waals surface area (Å²) in [5, 5.41) is 9.82. The van der Waals surface area contributed by atoms with Crippen LogP contribution in [-0.4, -0.2) is 21.0 Å². The lowest BCUT2D eigenvalue weighted by atomic mass is 10.1. The van der Waals surface area contributed by atoms with Crippen molar-refractivity contribution in [1.82, 2.24) is 9.97 Å². The molecule has 0 aliphatic rings. The molecule has 1 aromatic heterocycles. The van der Waals surface area contributed by atoms with Crippen molar-refractivity contribution in [3.05, 3.63) is 77.4 Å². The van der Waals surface area contributed by atoms with Crippen molar-refractivity contribution < 1.29 is 9.90 Å². The summed E-state index contributed by atoms with van der Waals surface area (Å²) in [4.78, 5) is 20.3. The average molecular weight is 357 g/mol. The molecule has 24 heavy (non-hydrogen) atoms. The predicted octanol–water partition coefficient (Wildman–Crippen LogP) is 4.72. The molecule has 0 unspecified atom stereocenters. The van der Waals surface area contributed by atoms with E-state index < -0.39 is 11.2 Å². The Labute approximate surface area is 148 Å². The van der Waals surface area contributed by atoms with Crippen LogP contribution in [0, 0.1) is 0 Å². The number of aromatic nitrogens is 2. The maximum absolute atomic E-state index is 11.6. The zero-order valence-corrected chi connectivity index (χ0v) is 14.0. The smallest absolute Gasteiger partial charge is 0.321 e. The summed E-state index contributed by atoms with van der Waals surface area (Å²) in [5.74, 6) is -0.924. The SMILES string of the molecule is O=C(O)[C@@H](Sc1nccc(-c2ccc(Cl)cc2)n1)c1ccccc1. The van der Waals surface area contributed by atoms with E-state index in [-0.39, 0.29) is 0 Å². The van der Waals surface area contributed by atoms with Crippen LogP contribution in [0.2, 0.25) is 5.02 Å². The van der Waals surface area contributed by atoms with Gasteiger partial charge >= 0.3 is 5.97 Å². The highest BCUT2D eigenvalue weighted by atomic mass is 35.5. The van der Waals surface area contributed by atoms with Crippen LogP contribution in [0.5, 0.6) is 0 Å². The van der Waals surface area contributed by atoms with Crippen molar-refractivity contribution in [3.63, 3.8) is 0 Å². The largest absolute Gasteiger partial charge is 0.480 e. The summed E-state index contributed by atoms with van der Waals surface area (Å²) in [5.41, 5.74) is 2.33. The van der Waals surface area contributed by atoms with Crippen LogP contribution in [-0.2, 0) is 4.79 Å². The minimum atomic E-state index is -0.924. The molecule has 2 aromatic carbocycles. The number of hydrogen-bond donors (Lipinski definition) is 1. The summed E-state index contributed by atoms with van der Waals surface area (Å²) in [6, 6.07) is 18.1. The van der Waals surface area contributed by atoms with E-state index in [1.54, 1.807) is 36.5 Å². The minimum absolute atomic E-state index is 0.415. The highest BCUT2D eigenvalue weighted by Gasteiger charge is 2.22. The quantitative estimate of drug-likeness (QED) is 0.529. The molecule has 6 heteroatoms. The van der Waals surface area contributed by atoms with Gasteiger partial charge in [-0.3, -0.25) is 4.79 Å². The molecule has 0 bridgehead atoms. The number of nitrogens with zero attached hydrogens (tertiary/aromatic N) is 2. The first-order chi connectivity index (χ1) is 11.6. The third-order valence-corrected chi connectivity index (χ3v) is 4.69.